The van der Waals surface area contributed by atoms with Crippen LogP contribution in [0, 0.1) is 11.3 Å². The molecule has 1 saturated carbocycles. The van der Waals surface area contributed by atoms with Gasteiger partial charge in [0.25, 0.3) is 0 Å². The summed E-state index contributed by atoms with van der Waals surface area (Å²) in [6.45, 7) is 13.3. The van der Waals surface area contributed by atoms with Crippen LogP contribution in [0.2, 0.25) is 18.1 Å². The van der Waals surface area contributed by atoms with Crippen LogP contribution >= 0.6 is 15.9 Å². The predicted molar refractivity (Wildman–Crippen MR) is 120 cm³/mol. The van der Waals surface area contributed by atoms with E-state index < -0.39 is 18.7 Å². The van der Waals surface area contributed by atoms with Gasteiger partial charge in [-0.1, -0.05) is 33.9 Å². The van der Waals surface area contributed by atoms with Crippen molar-refractivity contribution in [3.63, 3.8) is 0 Å². The number of rotatable bonds is 3. The van der Waals surface area contributed by atoms with Crippen LogP contribution in [0.4, 0.5) is 0 Å². The Labute approximate surface area is 179 Å². The molecule has 0 spiro atoms. The molecule has 1 unspecified atom stereocenters. The average Bonchev–Trinajstić information content (AvgIpc) is 3.05. The molecule has 28 heavy (non-hydrogen) atoms. The Hall–Kier alpha value is -0.743. The summed E-state index contributed by atoms with van der Waals surface area (Å²) in [6.07, 6.45) is 6.37. The van der Waals surface area contributed by atoms with Gasteiger partial charge in [0, 0.05) is 29.8 Å². The van der Waals surface area contributed by atoms with Crippen molar-refractivity contribution >= 4 is 24.0 Å². The zero-order chi connectivity index (χ0) is 20.8. The lowest BCUT2D eigenvalue weighted by Gasteiger charge is -2.48. The van der Waals surface area contributed by atoms with Gasteiger partial charge in [0.2, 0.25) is 0 Å². The fourth-order valence-corrected chi connectivity index (χ4v) is 7.85. The number of hydrogen-bond acceptors (Lipinski definition) is 4. The third kappa shape index (κ3) is 3.71. The van der Waals surface area contributed by atoms with E-state index in [0.29, 0.717) is 6.04 Å². The van der Waals surface area contributed by atoms with Gasteiger partial charge >= 0.3 is 0 Å². The first-order chi connectivity index (χ1) is 12.9. The second-order valence-corrected chi connectivity index (χ2v) is 17.0. The van der Waals surface area contributed by atoms with Gasteiger partial charge in [-0.2, -0.15) is 5.26 Å². The topological polar surface area (TPSA) is 60.1 Å². The number of pyridine rings is 1. The summed E-state index contributed by atoms with van der Waals surface area (Å²) in [5, 5.41) is 21.2. The molecule has 0 bridgehead atoms. The molecule has 1 N–H and O–H groups in total. The molecular formula is C22H34BrN3OSi. The van der Waals surface area contributed by atoms with Gasteiger partial charge in [-0.25, -0.2) is 0 Å². The highest BCUT2D eigenvalue weighted by atomic mass is 79.9. The van der Waals surface area contributed by atoms with Crippen LogP contribution in [-0.4, -0.2) is 47.4 Å². The molecule has 2 heterocycles. The lowest BCUT2D eigenvalue weighted by atomic mass is 9.71. The maximum Gasteiger partial charge on any atom is 0.0994 e. The number of nitrogens with zero attached hydrogens (tertiary/aromatic N) is 3. The lowest BCUT2D eigenvalue weighted by molar-refractivity contribution is 0.0940. The first-order valence-electron chi connectivity index (χ1n) is 10.4. The number of β-amino-alcohol motifs (C(OH)–C–C–N with tert-alkyl or cyclic N) is 1. The maximum atomic E-state index is 11.6. The second-order valence-electron chi connectivity index (χ2n) is 10.4. The Kier molecular flexibility index (Phi) is 5.88. The molecule has 6 heteroatoms. The molecule has 1 aliphatic carbocycles. The molecule has 1 aromatic heterocycles. The van der Waals surface area contributed by atoms with Gasteiger partial charge in [0.05, 0.1) is 30.5 Å². The fourth-order valence-electron chi connectivity index (χ4n) is 4.89. The van der Waals surface area contributed by atoms with Crippen molar-refractivity contribution in [2.24, 2.45) is 0 Å². The highest BCUT2D eigenvalue weighted by Gasteiger charge is 2.56. The fraction of sp³-hybridized carbons (Fsp3) is 0.727. The number of aliphatic hydroxyl groups is 1. The Morgan fingerprint density at radius 1 is 1.25 bits per heavy atom. The van der Waals surface area contributed by atoms with Crippen molar-refractivity contribution in [2.75, 3.05) is 13.1 Å². The van der Waals surface area contributed by atoms with E-state index in [2.05, 4.69) is 65.7 Å². The molecule has 0 radical (unpaired) electrons. The predicted octanol–water partition coefficient (Wildman–Crippen LogP) is 5.03. The molecule has 154 valence electrons. The number of nitriles is 1. The van der Waals surface area contributed by atoms with Crippen molar-refractivity contribution in [3.05, 3.63) is 28.5 Å². The number of likely N-dealkylation sites (tertiary alicyclic amines) is 1. The normalized spacial score (nSPS) is 32.3. The standard InChI is InChI=1S/C22H34BrN3OSi/c1-20(2,3)28(4,5)22(27)12-13-26(16-22)18-8-10-21(15-24,11-9-18)19-7-6-17(23)14-25-19/h6-7,14,18,27H,8-13,16H2,1-5H3. The van der Waals surface area contributed by atoms with Crippen molar-refractivity contribution in [2.45, 2.75) is 87.7 Å². The average molecular weight is 465 g/mol. The van der Waals surface area contributed by atoms with E-state index in [0.717, 1.165) is 55.4 Å². The summed E-state index contributed by atoms with van der Waals surface area (Å²) in [5.41, 5.74) is 0.433. The zero-order valence-electron chi connectivity index (χ0n) is 17.9. The SMILES string of the molecule is CC(C)(C)[Si](C)(C)C1(O)CCN(C2CCC(C#N)(c3ccc(Br)cn3)CC2)C1. The Bertz CT molecular complexity index is 745. The number of hydrogen-bond donors (Lipinski definition) is 1. The van der Waals surface area contributed by atoms with Crippen LogP contribution in [0.3, 0.4) is 0 Å². The summed E-state index contributed by atoms with van der Waals surface area (Å²) < 4.78 is 0.944. The van der Waals surface area contributed by atoms with Gasteiger partial charge in [-0.15, -0.1) is 0 Å². The Balaban J connectivity index is 1.69. The number of aromatic nitrogens is 1. The van der Waals surface area contributed by atoms with Crippen molar-refractivity contribution in [3.8, 4) is 6.07 Å². The van der Waals surface area contributed by atoms with Crippen LogP contribution in [0.1, 0.15) is 58.6 Å². The van der Waals surface area contributed by atoms with Crippen LogP contribution < -0.4 is 0 Å². The summed E-state index contributed by atoms with van der Waals surface area (Å²) in [6, 6.07) is 7.02. The maximum absolute atomic E-state index is 11.6. The van der Waals surface area contributed by atoms with Crippen LogP contribution in [0.15, 0.2) is 22.8 Å². The Morgan fingerprint density at radius 3 is 2.39 bits per heavy atom. The molecular weight excluding hydrogens is 430 g/mol. The summed E-state index contributed by atoms with van der Waals surface area (Å²) >= 11 is 3.43. The first kappa shape index (κ1) is 22.0. The molecule has 1 aromatic rings. The monoisotopic (exact) mass is 463 g/mol. The molecule has 2 fully saturated rings. The molecule has 0 amide bonds. The van der Waals surface area contributed by atoms with Crippen LogP contribution in [-0.2, 0) is 5.41 Å². The van der Waals surface area contributed by atoms with E-state index in [1.165, 1.54) is 0 Å². The summed E-state index contributed by atoms with van der Waals surface area (Å²) in [4.78, 5) is 7.04. The highest BCUT2D eigenvalue weighted by molar-refractivity contribution is 9.10. The van der Waals surface area contributed by atoms with E-state index >= 15 is 0 Å². The smallest absolute Gasteiger partial charge is 0.0994 e. The van der Waals surface area contributed by atoms with Crippen molar-refractivity contribution in [1.29, 1.82) is 5.26 Å². The van der Waals surface area contributed by atoms with E-state index in [9.17, 15) is 10.4 Å². The van der Waals surface area contributed by atoms with E-state index in [-0.39, 0.29) is 5.04 Å². The third-order valence-corrected chi connectivity index (χ3v) is 15.0. The van der Waals surface area contributed by atoms with E-state index in [1.54, 1.807) is 6.20 Å². The van der Waals surface area contributed by atoms with Gasteiger partial charge in [-0.3, -0.25) is 9.88 Å². The largest absolute Gasteiger partial charge is 0.392 e. The van der Waals surface area contributed by atoms with Gasteiger partial charge in [0.1, 0.15) is 0 Å². The Morgan fingerprint density at radius 2 is 1.89 bits per heavy atom. The van der Waals surface area contributed by atoms with Gasteiger partial charge < -0.3 is 5.11 Å². The van der Waals surface area contributed by atoms with Crippen LogP contribution in [0.25, 0.3) is 0 Å². The van der Waals surface area contributed by atoms with Gasteiger partial charge in [-0.05, 0) is 65.2 Å². The molecule has 2 aliphatic rings. The molecule has 4 nitrogen and oxygen atoms in total. The summed E-state index contributed by atoms with van der Waals surface area (Å²) in [7, 11) is -1.85. The summed E-state index contributed by atoms with van der Waals surface area (Å²) in [5.74, 6) is 0. The van der Waals surface area contributed by atoms with Crippen molar-refractivity contribution < 1.29 is 5.11 Å². The quantitative estimate of drug-likeness (QED) is 0.638. The number of halogens is 1. The van der Waals surface area contributed by atoms with Crippen molar-refractivity contribution in [1.82, 2.24) is 9.88 Å². The highest BCUT2D eigenvalue weighted by Crippen LogP contribution is 2.48. The molecule has 3 rings (SSSR count). The molecule has 0 aromatic carbocycles. The second kappa shape index (κ2) is 7.50. The molecule has 1 atom stereocenters. The minimum absolute atomic E-state index is 0.174. The lowest BCUT2D eigenvalue weighted by Crippen LogP contribution is -2.61. The van der Waals surface area contributed by atoms with Crippen LogP contribution in [0.5, 0.6) is 0 Å². The van der Waals surface area contributed by atoms with Gasteiger partial charge in [0.15, 0.2) is 0 Å². The molecule has 1 aliphatic heterocycles. The first-order valence-corrected chi connectivity index (χ1v) is 14.2. The van der Waals surface area contributed by atoms with E-state index in [4.69, 9.17) is 0 Å². The minimum atomic E-state index is -1.85. The molecule has 1 saturated heterocycles. The minimum Gasteiger partial charge on any atom is -0.392 e. The third-order valence-electron chi connectivity index (χ3n) is 8.07. The van der Waals surface area contributed by atoms with E-state index in [1.807, 2.05) is 12.1 Å². The zero-order valence-corrected chi connectivity index (χ0v) is 20.5.